The fourth-order valence-corrected chi connectivity index (χ4v) is 2.59. The number of H-pyrrole nitrogens is 1. The fourth-order valence-electron chi connectivity index (χ4n) is 2.59. The highest BCUT2D eigenvalue weighted by molar-refractivity contribution is 5.77. The summed E-state index contributed by atoms with van der Waals surface area (Å²) >= 11 is 0. The van der Waals surface area contributed by atoms with E-state index in [1.165, 1.54) is 17.5 Å². The van der Waals surface area contributed by atoms with Gasteiger partial charge in [0.05, 0.1) is 0 Å². The van der Waals surface area contributed by atoms with Crippen molar-refractivity contribution < 1.29 is 9.53 Å². The maximum atomic E-state index is 11.7. The summed E-state index contributed by atoms with van der Waals surface area (Å²) in [5.74, 6) is 1.54. The Bertz CT molecular complexity index is 608. The average molecular weight is 285 g/mol. The second kappa shape index (κ2) is 6.43. The number of benzene rings is 1. The van der Waals surface area contributed by atoms with Gasteiger partial charge in [-0.15, -0.1) is 0 Å². The van der Waals surface area contributed by atoms with Crippen LogP contribution < -0.4 is 10.1 Å². The highest BCUT2D eigenvalue weighted by atomic mass is 16.5. The number of aromatic amines is 1. The zero-order valence-electron chi connectivity index (χ0n) is 11.9. The Hall–Kier alpha value is -2.30. The van der Waals surface area contributed by atoms with Crippen molar-refractivity contribution in [2.75, 3.05) is 13.2 Å². The summed E-state index contributed by atoms with van der Waals surface area (Å²) in [5.41, 5.74) is 2.76. The quantitative estimate of drug-likeness (QED) is 0.848. The Labute approximate surface area is 123 Å². The Kier molecular flexibility index (Phi) is 4.19. The number of fused-ring (bicyclic) bond motifs is 1. The summed E-state index contributed by atoms with van der Waals surface area (Å²) in [6, 6.07) is 6.10. The number of aryl methyl sites for hydroxylation is 2. The Balaban J connectivity index is 1.41. The zero-order chi connectivity index (χ0) is 14.5. The first-order valence-electron chi connectivity index (χ1n) is 7.31. The van der Waals surface area contributed by atoms with Gasteiger partial charge in [0.2, 0.25) is 0 Å². The topological polar surface area (TPSA) is 67.0 Å². The van der Waals surface area contributed by atoms with Crippen LogP contribution in [0.1, 0.15) is 23.4 Å². The molecule has 2 aromatic rings. The molecular formula is C16H19N3O2. The third-order valence-corrected chi connectivity index (χ3v) is 3.68. The summed E-state index contributed by atoms with van der Waals surface area (Å²) in [6.07, 6.45) is 7.65. The molecule has 0 radical (unpaired) electrons. The van der Waals surface area contributed by atoms with Gasteiger partial charge in [-0.1, -0.05) is 6.07 Å². The number of hydrogen-bond acceptors (Lipinski definition) is 3. The molecule has 0 aliphatic heterocycles. The third kappa shape index (κ3) is 3.62. The van der Waals surface area contributed by atoms with Crippen molar-refractivity contribution in [1.82, 2.24) is 15.3 Å². The van der Waals surface area contributed by atoms with Crippen molar-refractivity contribution in [2.45, 2.75) is 25.7 Å². The van der Waals surface area contributed by atoms with E-state index in [1.54, 1.807) is 12.4 Å². The van der Waals surface area contributed by atoms with Gasteiger partial charge < -0.3 is 15.0 Å². The van der Waals surface area contributed by atoms with E-state index in [2.05, 4.69) is 27.4 Å². The average Bonchev–Trinajstić information content (AvgIpc) is 3.15. The van der Waals surface area contributed by atoms with Gasteiger partial charge in [-0.25, -0.2) is 4.98 Å². The molecule has 1 aliphatic rings. The lowest BCUT2D eigenvalue weighted by Crippen LogP contribution is -2.30. The van der Waals surface area contributed by atoms with Gasteiger partial charge in [-0.05, 0) is 42.5 Å². The van der Waals surface area contributed by atoms with Crippen LogP contribution >= 0.6 is 0 Å². The zero-order valence-corrected chi connectivity index (χ0v) is 11.9. The number of imidazole rings is 1. The standard InChI is InChI=1S/C16H19N3O2/c20-16(19-7-6-15-17-8-9-18-15)11-21-14-5-4-12-2-1-3-13(12)10-14/h4-5,8-10H,1-3,6-7,11H2,(H,17,18)(H,19,20). The van der Waals surface area contributed by atoms with E-state index in [9.17, 15) is 4.79 Å². The van der Waals surface area contributed by atoms with E-state index in [4.69, 9.17) is 4.74 Å². The number of nitrogens with one attached hydrogen (secondary N) is 2. The first-order chi connectivity index (χ1) is 10.3. The summed E-state index contributed by atoms with van der Waals surface area (Å²) in [6.45, 7) is 0.608. The number of carbonyl (C=O) groups is 1. The molecule has 110 valence electrons. The maximum Gasteiger partial charge on any atom is 0.257 e. The Morgan fingerprint density at radius 3 is 3.10 bits per heavy atom. The molecule has 1 aromatic heterocycles. The molecule has 3 rings (SSSR count). The second-order valence-electron chi connectivity index (χ2n) is 5.21. The highest BCUT2D eigenvalue weighted by Gasteiger charge is 2.11. The molecule has 1 aliphatic carbocycles. The number of carbonyl (C=O) groups excluding carboxylic acids is 1. The van der Waals surface area contributed by atoms with Crippen LogP contribution in [-0.4, -0.2) is 29.0 Å². The van der Waals surface area contributed by atoms with Gasteiger partial charge in [0, 0.05) is 25.4 Å². The minimum Gasteiger partial charge on any atom is -0.484 e. The molecule has 21 heavy (non-hydrogen) atoms. The van der Waals surface area contributed by atoms with E-state index in [-0.39, 0.29) is 12.5 Å². The maximum absolute atomic E-state index is 11.7. The third-order valence-electron chi connectivity index (χ3n) is 3.68. The highest BCUT2D eigenvalue weighted by Crippen LogP contribution is 2.25. The second-order valence-corrected chi connectivity index (χ2v) is 5.21. The molecule has 0 spiro atoms. The number of amides is 1. The lowest BCUT2D eigenvalue weighted by molar-refractivity contribution is -0.123. The van der Waals surface area contributed by atoms with Gasteiger partial charge in [-0.2, -0.15) is 0 Å². The van der Waals surface area contributed by atoms with E-state index < -0.39 is 0 Å². The Morgan fingerprint density at radius 1 is 1.33 bits per heavy atom. The van der Waals surface area contributed by atoms with Gasteiger partial charge >= 0.3 is 0 Å². The van der Waals surface area contributed by atoms with Crippen LogP contribution in [0.15, 0.2) is 30.6 Å². The number of nitrogens with zero attached hydrogens (tertiary/aromatic N) is 1. The summed E-state index contributed by atoms with van der Waals surface area (Å²) in [7, 11) is 0. The van der Waals surface area contributed by atoms with E-state index in [0.29, 0.717) is 13.0 Å². The first-order valence-corrected chi connectivity index (χ1v) is 7.31. The summed E-state index contributed by atoms with van der Waals surface area (Å²) < 4.78 is 5.55. The van der Waals surface area contributed by atoms with E-state index in [0.717, 1.165) is 24.4 Å². The summed E-state index contributed by atoms with van der Waals surface area (Å²) in [4.78, 5) is 18.8. The monoisotopic (exact) mass is 285 g/mol. The van der Waals surface area contributed by atoms with Gasteiger partial charge in [0.25, 0.3) is 5.91 Å². The van der Waals surface area contributed by atoms with Crippen LogP contribution in [0, 0.1) is 0 Å². The lowest BCUT2D eigenvalue weighted by atomic mass is 10.1. The van der Waals surface area contributed by atoms with Crippen LogP contribution in [-0.2, 0) is 24.1 Å². The Morgan fingerprint density at radius 2 is 2.24 bits per heavy atom. The number of ether oxygens (including phenoxy) is 1. The number of aromatic nitrogens is 2. The van der Waals surface area contributed by atoms with Gasteiger partial charge in [0.1, 0.15) is 11.6 Å². The van der Waals surface area contributed by atoms with Crippen molar-refractivity contribution in [3.8, 4) is 5.75 Å². The summed E-state index contributed by atoms with van der Waals surface area (Å²) in [5, 5.41) is 2.82. The molecule has 1 amide bonds. The minimum atomic E-state index is -0.109. The number of rotatable bonds is 6. The van der Waals surface area contributed by atoms with Crippen LogP contribution in [0.4, 0.5) is 0 Å². The normalized spacial score (nSPS) is 13.0. The SMILES string of the molecule is O=C(COc1ccc2c(c1)CCC2)NCCc1ncc[nH]1. The molecule has 5 nitrogen and oxygen atoms in total. The van der Waals surface area contributed by atoms with Crippen LogP contribution in [0.2, 0.25) is 0 Å². The molecule has 2 N–H and O–H groups in total. The van der Waals surface area contributed by atoms with E-state index >= 15 is 0 Å². The molecular weight excluding hydrogens is 266 g/mol. The largest absolute Gasteiger partial charge is 0.484 e. The minimum absolute atomic E-state index is 0.0525. The van der Waals surface area contributed by atoms with Crippen molar-refractivity contribution in [1.29, 1.82) is 0 Å². The predicted molar refractivity (Wildman–Crippen MR) is 79.3 cm³/mol. The molecule has 1 heterocycles. The van der Waals surface area contributed by atoms with Crippen molar-refractivity contribution in [3.63, 3.8) is 0 Å². The van der Waals surface area contributed by atoms with Gasteiger partial charge in [-0.3, -0.25) is 4.79 Å². The molecule has 0 fully saturated rings. The van der Waals surface area contributed by atoms with Crippen molar-refractivity contribution in [2.24, 2.45) is 0 Å². The number of hydrogen-bond donors (Lipinski definition) is 2. The molecule has 5 heteroatoms. The fraction of sp³-hybridized carbons (Fsp3) is 0.375. The van der Waals surface area contributed by atoms with Crippen molar-refractivity contribution in [3.05, 3.63) is 47.5 Å². The molecule has 1 aromatic carbocycles. The van der Waals surface area contributed by atoms with Crippen LogP contribution in [0.5, 0.6) is 5.75 Å². The molecule has 0 bridgehead atoms. The molecule has 0 saturated heterocycles. The smallest absolute Gasteiger partial charge is 0.257 e. The van der Waals surface area contributed by atoms with Crippen LogP contribution in [0.25, 0.3) is 0 Å². The van der Waals surface area contributed by atoms with E-state index in [1.807, 2.05) is 6.07 Å². The molecule has 0 unspecified atom stereocenters. The van der Waals surface area contributed by atoms with Crippen molar-refractivity contribution >= 4 is 5.91 Å². The first kappa shape index (κ1) is 13.7. The molecule has 0 atom stereocenters. The van der Waals surface area contributed by atoms with Crippen LogP contribution in [0.3, 0.4) is 0 Å². The molecule has 0 saturated carbocycles. The lowest BCUT2D eigenvalue weighted by Gasteiger charge is -2.08. The predicted octanol–water partition coefficient (Wildman–Crippen LogP) is 1.64. The van der Waals surface area contributed by atoms with Gasteiger partial charge in [0.15, 0.2) is 6.61 Å².